The van der Waals surface area contributed by atoms with Crippen molar-refractivity contribution in [3.8, 4) is 0 Å². The van der Waals surface area contributed by atoms with Crippen LogP contribution >= 0.6 is 0 Å². The minimum absolute atomic E-state index is 0.904. The van der Waals surface area contributed by atoms with Gasteiger partial charge in [0.25, 0.3) is 0 Å². The third-order valence-electron chi connectivity index (χ3n) is 1.71. The number of aliphatic carboxylic acids is 1. The second-order valence-corrected chi connectivity index (χ2v) is 3.53. The van der Waals surface area contributed by atoms with Crippen molar-refractivity contribution in [3.63, 3.8) is 0 Å². The third-order valence-corrected chi connectivity index (χ3v) is 1.71. The smallest absolute Gasteiger partial charge is 0.328 e. The highest BCUT2D eigenvalue weighted by atomic mass is 16.4. The minimum atomic E-state index is -0.904. The number of rotatable bonds is 5. The Morgan fingerprint density at radius 3 is 2.43 bits per heavy atom. The summed E-state index contributed by atoms with van der Waals surface area (Å²) in [4.78, 5) is 10.2. The Kier molecular flexibility index (Phi) is 6.46. The van der Waals surface area contributed by atoms with E-state index in [2.05, 4.69) is 19.9 Å². The molecule has 0 aromatic rings. The average molecular weight is 194 g/mol. The predicted octanol–water partition coefficient (Wildman–Crippen LogP) is 3.32. The molecule has 14 heavy (non-hydrogen) atoms. The van der Waals surface area contributed by atoms with Gasteiger partial charge in [-0.15, -0.1) is 0 Å². The highest BCUT2D eigenvalue weighted by molar-refractivity contribution is 5.80. The molecule has 0 spiro atoms. The van der Waals surface area contributed by atoms with Crippen molar-refractivity contribution in [2.45, 2.75) is 33.6 Å². The van der Waals surface area contributed by atoms with Crippen molar-refractivity contribution >= 4 is 5.97 Å². The van der Waals surface area contributed by atoms with E-state index in [-0.39, 0.29) is 0 Å². The van der Waals surface area contributed by atoms with Crippen LogP contribution in [-0.2, 0) is 4.79 Å². The van der Waals surface area contributed by atoms with Crippen LogP contribution in [0.3, 0.4) is 0 Å². The summed E-state index contributed by atoms with van der Waals surface area (Å²) in [5.74, 6) is -0.904. The Bertz CT molecular complexity index is 266. The molecule has 0 fully saturated rings. The molecule has 0 bridgehead atoms. The largest absolute Gasteiger partial charge is 0.478 e. The van der Waals surface area contributed by atoms with E-state index in [1.54, 1.807) is 6.08 Å². The van der Waals surface area contributed by atoms with Gasteiger partial charge in [-0.2, -0.15) is 0 Å². The summed E-state index contributed by atoms with van der Waals surface area (Å²) in [6, 6.07) is 0. The van der Waals surface area contributed by atoms with Crippen LogP contribution in [0.5, 0.6) is 0 Å². The summed E-state index contributed by atoms with van der Waals surface area (Å²) in [6.45, 7) is 6.15. The fourth-order valence-corrected chi connectivity index (χ4v) is 0.967. The monoisotopic (exact) mass is 194 g/mol. The molecule has 0 aromatic carbocycles. The first-order valence-corrected chi connectivity index (χ1v) is 4.72. The molecule has 0 aliphatic carbocycles. The number of hydrogen-bond acceptors (Lipinski definition) is 1. The second kappa shape index (κ2) is 7.13. The number of allylic oxidation sites excluding steroid dienone is 5. The highest BCUT2D eigenvalue weighted by Crippen LogP contribution is 2.06. The molecule has 0 aromatic heterocycles. The molecule has 2 nitrogen and oxygen atoms in total. The molecule has 2 heteroatoms. The topological polar surface area (TPSA) is 37.3 Å². The first kappa shape index (κ1) is 12.7. The molecule has 0 saturated heterocycles. The number of carbonyl (C=O) groups is 1. The summed E-state index contributed by atoms with van der Waals surface area (Å²) < 4.78 is 0. The van der Waals surface area contributed by atoms with Gasteiger partial charge in [-0.05, 0) is 33.6 Å². The van der Waals surface area contributed by atoms with Crippen LogP contribution in [0.2, 0.25) is 0 Å². The summed E-state index contributed by atoms with van der Waals surface area (Å²) in [6.07, 6.45) is 8.73. The molecule has 0 atom stereocenters. The quantitative estimate of drug-likeness (QED) is 0.414. The van der Waals surface area contributed by atoms with Crippen LogP contribution in [0.25, 0.3) is 0 Å². The number of carboxylic acids is 1. The van der Waals surface area contributed by atoms with Crippen LogP contribution in [0.15, 0.2) is 35.5 Å². The zero-order valence-corrected chi connectivity index (χ0v) is 9.08. The van der Waals surface area contributed by atoms with Gasteiger partial charge in [0.1, 0.15) is 0 Å². The number of carboxylic acid groups (broad SMARTS) is 1. The van der Waals surface area contributed by atoms with E-state index in [9.17, 15) is 4.79 Å². The minimum Gasteiger partial charge on any atom is -0.478 e. The zero-order chi connectivity index (χ0) is 11.0. The van der Waals surface area contributed by atoms with Crippen molar-refractivity contribution in [3.05, 3.63) is 35.5 Å². The van der Waals surface area contributed by atoms with E-state index in [1.807, 2.05) is 13.0 Å². The SMILES string of the molecule is CC(C)=CCC/C(C)=C/C=C/C(=O)O. The van der Waals surface area contributed by atoms with Crippen LogP contribution < -0.4 is 0 Å². The molecule has 0 heterocycles. The standard InChI is InChI=1S/C12H18O2/c1-10(2)6-4-7-11(3)8-5-9-12(13)14/h5-6,8-9H,4,7H2,1-3H3,(H,13,14)/b9-5+,11-8+. The van der Waals surface area contributed by atoms with Crippen molar-refractivity contribution in [1.82, 2.24) is 0 Å². The molecule has 0 amide bonds. The molecule has 78 valence electrons. The maximum atomic E-state index is 10.2. The summed E-state index contributed by atoms with van der Waals surface area (Å²) in [7, 11) is 0. The Labute approximate surface area is 85.6 Å². The van der Waals surface area contributed by atoms with Crippen molar-refractivity contribution < 1.29 is 9.90 Å². The molecule has 0 rings (SSSR count). The molecule has 0 radical (unpaired) electrons. The van der Waals surface area contributed by atoms with Gasteiger partial charge in [0, 0.05) is 6.08 Å². The van der Waals surface area contributed by atoms with Gasteiger partial charge < -0.3 is 5.11 Å². The van der Waals surface area contributed by atoms with Crippen molar-refractivity contribution in [2.24, 2.45) is 0 Å². The van der Waals surface area contributed by atoms with E-state index < -0.39 is 5.97 Å². The van der Waals surface area contributed by atoms with E-state index >= 15 is 0 Å². The van der Waals surface area contributed by atoms with Gasteiger partial charge in [-0.3, -0.25) is 0 Å². The van der Waals surface area contributed by atoms with Crippen LogP contribution in [0, 0.1) is 0 Å². The molecule has 0 saturated carbocycles. The lowest BCUT2D eigenvalue weighted by atomic mass is 10.1. The maximum absolute atomic E-state index is 10.2. The fourth-order valence-electron chi connectivity index (χ4n) is 0.967. The summed E-state index contributed by atoms with van der Waals surface area (Å²) >= 11 is 0. The van der Waals surface area contributed by atoms with Gasteiger partial charge in [0.15, 0.2) is 0 Å². The highest BCUT2D eigenvalue weighted by Gasteiger charge is 1.87. The number of hydrogen-bond donors (Lipinski definition) is 1. The molecule has 1 N–H and O–H groups in total. The Balaban J connectivity index is 3.90. The molecule has 0 aliphatic heterocycles. The van der Waals surface area contributed by atoms with Crippen LogP contribution in [-0.4, -0.2) is 11.1 Å². The summed E-state index contributed by atoms with van der Waals surface area (Å²) in [5, 5.41) is 8.35. The molecular formula is C12H18O2. The fraction of sp³-hybridized carbons (Fsp3) is 0.417. The molecule has 0 aliphatic rings. The van der Waals surface area contributed by atoms with Crippen molar-refractivity contribution in [2.75, 3.05) is 0 Å². The van der Waals surface area contributed by atoms with Crippen molar-refractivity contribution in [1.29, 1.82) is 0 Å². The van der Waals surface area contributed by atoms with Gasteiger partial charge in [-0.1, -0.05) is 29.4 Å². The Morgan fingerprint density at radius 2 is 1.93 bits per heavy atom. The third kappa shape index (κ3) is 8.78. The normalized spacial score (nSPS) is 11.8. The van der Waals surface area contributed by atoms with E-state index in [0.29, 0.717) is 0 Å². The first-order chi connectivity index (χ1) is 6.52. The van der Waals surface area contributed by atoms with Gasteiger partial charge in [0.05, 0.1) is 0 Å². The van der Waals surface area contributed by atoms with Crippen LogP contribution in [0.1, 0.15) is 33.6 Å². The zero-order valence-electron chi connectivity index (χ0n) is 9.08. The predicted molar refractivity (Wildman–Crippen MR) is 59.2 cm³/mol. The lowest BCUT2D eigenvalue weighted by molar-refractivity contribution is -0.131. The van der Waals surface area contributed by atoms with Crippen LogP contribution in [0.4, 0.5) is 0 Å². The lowest BCUT2D eigenvalue weighted by Crippen LogP contribution is -1.84. The van der Waals surface area contributed by atoms with E-state index in [1.165, 1.54) is 11.1 Å². The average Bonchev–Trinajstić information content (AvgIpc) is 2.02. The second-order valence-electron chi connectivity index (χ2n) is 3.53. The Hall–Kier alpha value is -1.31. The Morgan fingerprint density at radius 1 is 1.29 bits per heavy atom. The van der Waals surface area contributed by atoms with Gasteiger partial charge >= 0.3 is 5.97 Å². The molecule has 0 unspecified atom stereocenters. The van der Waals surface area contributed by atoms with Gasteiger partial charge in [0.2, 0.25) is 0 Å². The molecular weight excluding hydrogens is 176 g/mol. The van der Waals surface area contributed by atoms with Gasteiger partial charge in [-0.25, -0.2) is 4.79 Å². The van der Waals surface area contributed by atoms with E-state index in [4.69, 9.17) is 5.11 Å². The summed E-state index contributed by atoms with van der Waals surface area (Å²) in [5.41, 5.74) is 2.51. The van der Waals surface area contributed by atoms with E-state index in [0.717, 1.165) is 18.9 Å². The lowest BCUT2D eigenvalue weighted by Gasteiger charge is -1.96. The maximum Gasteiger partial charge on any atom is 0.328 e. The first-order valence-electron chi connectivity index (χ1n) is 4.72.